The molecule has 0 bridgehead atoms. The van der Waals surface area contributed by atoms with E-state index >= 15 is 0 Å². The quantitative estimate of drug-likeness (QED) is 0.565. The zero-order valence-electron chi connectivity index (χ0n) is 11.7. The topological polar surface area (TPSA) is 69.7 Å². The van der Waals surface area contributed by atoms with Crippen LogP contribution < -0.4 is 0 Å². The number of carbonyl (C=O) groups excluding carboxylic acids is 3. The summed E-state index contributed by atoms with van der Waals surface area (Å²) < 4.78 is 9.38. The van der Waals surface area contributed by atoms with E-state index in [9.17, 15) is 14.4 Å². The third-order valence-electron chi connectivity index (χ3n) is 2.71. The monoisotopic (exact) mass is 278 g/mol. The molecule has 0 aliphatic rings. The highest BCUT2D eigenvalue weighted by Gasteiger charge is 2.11. The molecule has 1 rings (SSSR count). The second-order valence-electron chi connectivity index (χ2n) is 4.15. The number of rotatable bonds is 7. The summed E-state index contributed by atoms with van der Waals surface area (Å²) in [5, 5.41) is 0. The molecule has 5 heteroatoms. The van der Waals surface area contributed by atoms with Crippen molar-refractivity contribution in [2.24, 2.45) is 0 Å². The van der Waals surface area contributed by atoms with Crippen molar-refractivity contribution in [1.82, 2.24) is 0 Å². The Labute approximate surface area is 117 Å². The number of carbonyl (C=O) groups is 3. The van der Waals surface area contributed by atoms with E-state index in [4.69, 9.17) is 4.74 Å². The normalized spacial score (nSPS) is 9.90. The molecule has 0 heterocycles. The van der Waals surface area contributed by atoms with Crippen LogP contribution in [0.2, 0.25) is 0 Å². The van der Waals surface area contributed by atoms with Crippen molar-refractivity contribution in [3.8, 4) is 0 Å². The van der Waals surface area contributed by atoms with E-state index in [2.05, 4.69) is 4.74 Å². The number of methoxy groups -OCH3 is 1. The van der Waals surface area contributed by atoms with Gasteiger partial charge in [0.25, 0.3) is 0 Å². The first-order valence-electron chi connectivity index (χ1n) is 6.45. The highest BCUT2D eigenvalue weighted by Crippen LogP contribution is 2.11. The average Bonchev–Trinajstić information content (AvgIpc) is 2.47. The maximum absolute atomic E-state index is 11.9. The standard InChI is InChI=1S/C15H18O5/c1-3-20-15(18)12-7-4-6-11(10-12)13(16)8-5-9-14(17)19-2/h4,6-7,10H,3,5,8-9H2,1-2H3. The fourth-order valence-corrected chi connectivity index (χ4v) is 1.67. The van der Waals surface area contributed by atoms with Gasteiger partial charge in [0.2, 0.25) is 0 Å². The molecule has 0 aliphatic carbocycles. The molecule has 0 saturated carbocycles. The van der Waals surface area contributed by atoms with Crippen molar-refractivity contribution < 1.29 is 23.9 Å². The molecule has 0 amide bonds. The van der Waals surface area contributed by atoms with Crippen LogP contribution >= 0.6 is 0 Å². The fraction of sp³-hybridized carbons (Fsp3) is 0.400. The Morgan fingerprint density at radius 2 is 1.80 bits per heavy atom. The first-order chi connectivity index (χ1) is 9.58. The summed E-state index contributed by atoms with van der Waals surface area (Å²) in [4.78, 5) is 34.5. The average molecular weight is 278 g/mol. The van der Waals surface area contributed by atoms with Gasteiger partial charge >= 0.3 is 11.9 Å². The van der Waals surface area contributed by atoms with Gasteiger partial charge in [0.05, 0.1) is 19.3 Å². The van der Waals surface area contributed by atoms with Crippen LogP contribution in [0.1, 0.15) is 46.9 Å². The van der Waals surface area contributed by atoms with E-state index in [1.165, 1.54) is 13.2 Å². The molecule has 0 unspecified atom stereocenters. The number of ether oxygens (including phenoxy) is 2. The molecule has 20 heavy (non-hydrogen) atoms. The zero-order chi connectivity index (χ0) is 15.0. The molecule has 0 spiro atoms. The number of hydrogen-bond acceptors (Lipinski definition) is 5. The van der Waals surface area contributed by atoms with Crippen molar-refractivity contribution in [1.29, 1.82) is 0 Å². The van der Waals surface area contributed by atoms with Crippen LogP contribution in [0.4, 0.5) is 0 Å². The minimum atomic E-state index is -0.447. The summed E-state index contributed by atoms with van der Waals surface area (Å²) in [5.74, 6) is -0.894. The largest absolute Gasteiger partial charge is 0.469 e. The second kappa shape index (κ2) is 8.09. The van der Waals surface area contributed by atoms with Crippen molar-refractivity contribution in [3.05, 3.63) is 35.4 Å². The molecule has 5 nitrogen and oxygen atoms in total. The van der Waals surface area contributed by atoms with Crippen LogP contribution in [0.3, 0.4) is 0 Å². The Morgan fingerprint density at radius 3 is 2.45 bits per heavy atom. The van der Waals surface area contributed by atoms with Gasteiger partial charge < -0.3 is 9.47 Å². The summed E-state index contributed by atoms with van der Waals surface area (Å²) in [6, 6.07) is 6.39. The molecule has 0 aromatic heterocycles. The Hall–Kier alpha value is -2.17. The first-order valence-corrected chi connectivity index (χ1v) is 6.45. The highest BCUT2D eigenvalue weighted by atomic mass is 16.5. The summed E-state index contributed by atoms with van der Waals surface area (Å²) in [6.07, 6.45) is 0.871. The van der Waals surface area contributed by atoms with E-state index in [1.54, 1.807) is 25.1 Å². The number of ketones is 1. The molecule has 0 aliphatic heterocycles. The summed E-state index contributed by atoms with van der Waals surface area (Å²) in [7, 11) is 1.31. The van der Waals surface area contributed by atoms with Crippen molar-refractivity contribution in [2.45, 2.75) is 26.2 Å². The molecule has 0 fully saturated rings. The van der Waals surface area contributed by atoms with Crippen LogP contribution in [0.5, 0.6) is 0 Å². The van der Waals surface area contributed by atoms with Crippen LogP contribution in [0.25, 0.3) is 0 Å². The van der Waals surface area contributed by atoms with Crippen LogP contribution in [0.15, 0.2) is 24.3 Å². The minimum Gasteiger partial charge on any atom is -0.469 e. The lowest BCUT2D eigenvalue weighted by Crippen LogP contribution is -2.07. The third-order valence-corrected chi connectivity index (χ3v) is 2.71. The predicted octanol–water partition coefficient (Wildman–Crippen LogP) is 2.39. The minimum absolute atomic E-state index is 0.111. The van der Waals surface area contributed by atoms with Gasteiger partial charge in [-0.25, -0.2) is 4.79 Å². The Morgan fingerprint density at radius 1 is 1.10 bits per heavy atom. The second-order valence-corrected chi connectivity index (χ2v) is 4.15. The highest BCUT2D eigenvalue weighted by molar-refractivity contribution is 5.99. The molecule has 108 valence electrons. The van der Waals surface area contributed by atoms with E-state index in [-0.39, 0.29) is 31.2 Å². The number of esters is 2. The molecule has 1 aromatic rings. The Bertz CT molecular complexity index is 493. The maximum Gasteiger partial charge on any atom is 0.338 e. The van der Waals surface area contributed by atoms with E-state index in [1.807, 2.05) is 0 Å². The number of benzene rings is 1. The van der Waals surface area contributed by atoms with Crippen LogP contribution in [-0.4, -0.2) is 31.4 Å². The van der Waals surface area contributed by atoms with Crippen molar-refractivity contribution >= 4 is 17.7 Å². The summed E-state index contributed by atoms with van der Waals surface area (Å²) >= 11 is 0. The van der Waals surface area contributed by atoms with Gasteiger partial charge in [-0.1, -0.05) is 12.1 Å². The van der Waals surface area contributed by atoms with Gasteiger partial charge in [-0.2, -0.15) is 0 Å². The van der Waals surface area contributed by atoms with E-state index in [0.717, 1.165) is 0 Å². The van der Waals surface area contributed by atoms with Crippen molar-refractivity contribution in [3.63, 3.8) is 0 Å². The molecular formula is C15H18O5. The lowest BCUT2D eigenvalue weighted by molar-refractivity contribution is -0.140. The number of hydrogen-bond donors (Lipinski definition) is 0. The van der Waals surface area contributed by atoms with Gasteiger partial charge in [0.1, 0.15) is 0 Å². The predicted molar refractivity (Wildman–Crippen MR) is 72.6 cm³/mol. The van der Waals surface area contributed by atoms with Gasteiger partial charge in [-0.05, 0) is 25.5 Å². The fourth-order valence-electron chi connectivity index (χ4n) is 1.67. The van der Waals surface area contributed by atoms with Crippen LogP contribution in [0, 0.1) is 0 Å². The van der Waals surface area contributed by atoms with E-state index < -0.39 is 5.97 Å². The van der Waals surface area contributed by atoms with Crippen LogP contribution in [-0.2, 0) is 14.3 Å². The maximum atomic E-state index is 11.9. The molecule has 0 saturated heterocycles. The van der Waals surface area contributed by atoms with Gasteiger partial charge in [-0.15, -0.1) is 0 Å². The summed E-state index contributed by atoms with van der Waals surface area (Å²) in [6.45, 7) is 2.01. The summed E-state index contributed by atoms with van der Waals surface area (Å²) in [5.41, 5.74) is 0.797. The number of Topliss-reactive ketones (excluding diaryl/α,β-unsaturated/α-hetero) is 1. The Balaban J connectivity index is 2.62. The zero-order valence-corrected chi connectivity index (χ0v) is 11.7. The van der Waals surface area contributed by atoms with Gasteiger partial charge in [0.15, 0.2) is 5.78 Å². The first kappa shape index (κ1) is 15.9. The molecule has 0 atom stereocenters. The van der Waals surface area contributed by atoms with Gasteiger partial charge in [-0.3, -0.25) is 9.59 Å². The Kier molecular flexibility index (Phi) is 6.43. The van der Waals surface area contributed by atoms with E-state index in [0.29, 0.717) is 17.5 Å². The van der Waals surface area contributed by atoms with Gasteiger partial charge in [0, 0.05) is 18.4 Å². The molecule has 1 aromatic carbocycles. The SMILES string of the molecule is CCOC(=O)c1cccc(C(=O)CCCC(=O)OC)c1. The molecule has 0 N–H and O–H groups in total. The lowest BCUT2D eigenvalue weighted by atomic mass is 10.0. The third kappa shape index (κ3) is 4.84. The van der Waals surface area contributed by atoms with Crippen molar-refractivity contribution in [2.75, 3.05) is 13.7 Å². The lowest BCUT2D eigenvalue weighted by Gasteiger charge is -2.04. The smallest absolute Gasteiger partial charge is 0.338 e. The molecule has 0 radical (unpaired) electrons. The molecular weight excluding hydrogens is 260 g/mol.